The van der Waals surface area contributed by atoms with Crippen LogP contribution in [0.2, 0.25) is 0 Å². The fourth-order valence-electron chi connectivity index (χ4n) is 2.01. The summed E-state index contributed by atoms with van der Waals surface area (Å²) in [5.41, 5.74) is 1.89. The molecule has 116 valence electrons. The van der Waals surface area contributed by atoms with Gasteiger partial charge < -0.3 is 15.1 Å². The molecule has 0 saturated heterocycles. The van der Waals surface area contributed by atoms with Crippen LogP contribution in [0.15, 0.2) is 41.0 Å². The number of carbonyl (C=O) groups is 2. The van der Waals surface area contributed by atoms with Crippen molar-refractivity contribution in [3.05, 3.63) is 59.0 Å². The van der Waals surface area contributed by atoms with Crippen LogP contribution in [0.1, 0.15) is 45.4 Å². The highest BCUT2D eigenvalue weighted by Gasteiger charge is 2.10. The van der Waals surface area contributed by atoms with Crippen molar-refractivity contribution in [2.24, 2.45) is 0 Å². The van der Waals surface area contributed by atoms with Crippen molar-refractivity contribution in [1.82, 2.24) is 10.6 Å². The molecule has 0 atom stereocenters. The number of nitrogens with one attached hydrogen (secondary N) is 2. The van der Waals surface area contributed by atoms with Gasteiger partial charge in [-0.1, -0.05) is 13.0 Å². The summed E-state index contributed by atoms with van der Waals surface area (Å²) in [5.74, 6) is 0.404. The Morgan fingerprint density at radius 1 is 1.09 bits per heavy atom. The van der Waals surface area contributed by atoms with Crippen molar-refractivity contribution in [2.75, 3.05) is 6.54 Å². The zero-order chi connectivity index (χ0) is 15.9. The maximum absolute atomic E-state index is 12.2. The molecule has 2 aromatic rings. The van der Waals surface area contributed by atoms with E-state index in [2.05, 4.69) is 10.6 Å². The second-order valence-electron chi connectivity index (χ2n) is 5.02. The Labute approximate surface area is 129 Å². The number of rotatable bonds is 6. The van der Waals surface area contributed by atoms with Gasteiger partial charge in [-0.3, -0.25) is 9.59 Å². The lowest BCUT2D eigenvalue weighted by atomic mass is 10.1. The maximum Gasteiger partial charge on any atom is 0.251 e. The predicted octanol–water partition coefficient (Wildman–Crippen LogP) is 2.66. The lowest BCUT2D eigenvalue weighted by Gasteiger charge is -2.07. The van der Waals surface area contributed by atoms with E-state index in [4.69, 9.17) is 4.42 Å². The second-order valence-corrected chi connectivity index (χ2v) is 5.02. The van der Waals surface area contributed by atoms with Gasteiger partial charge in [0, 0.05) is 29.8 Å². The maximum atomic E-state index is 12.2. The average molecular weight is 300 g/mol. The topological polar surface area (TPSA) is 71.3 Å². The molecule has 1 aromatic heterocycles. The highest BCUT2D eigenvalue weighted by Crippen LogP contribution is 2.09. The third-order valence-electron chi connectivity index (χ3n) is 3.33. The van der Waals surface area contributed by atoms with Gasteiger partial charge in [0.2, 0.25) is 0 Å². The van der Waals surface area contributed by atoms with E-state index in [1.165, 1.54) is 0 Å². The van der Waals surface area contributed by atoms with Crippen LogP contribution in [0.4, 0.5) is 0 Å². The first kappa shape index (κ1) is 15.8. The van der Waals surface area contributed by atoms with Crippen LogP contribution in [-0.4, -0.2) is 18.4 Å². The van der Waals surface area contributed by atoms with Gasteiger partial charge in [0.05, 0.1) is 6.26 Å². The number of carbonyl (C=O) groups excluding carboxylic acids is 2. The molecule has 2 amide bonds. The number of hydrogen-bond acceptors (Lipinski definition) is 3. The molecule has 1 aromatic carbocycles. The Kier molecular flexibility index (Phi) is 5.36. The molecule has 22 heavy (non-hydrogen) atoms. The van der Waals surface area contributed by atoms with Crippen molar-refractivity contribution in [3.8, 4) is 0 Å². The van der Waals surface area contributed by atoms with E-state index in [-0.39, 0.29) is 11.8 Å². The molecular formula is C17H20N2O3. The summed E-state index contributed by atoms with van der Waals surface area (Å²) in [5, 5.41) is 5.61. The second kappa shape index (κ2) is 7.45. The predicted molar refractivity (Wildman–Crippen MR) is 83.7 cm³/mol. The fourth-order valence-corrected chi connectivity index (χ4v) is 2.01. The summed E-state index contributed by atoms with van der Waals surface area (Å²) in [4.78, 5) is 24.1. The quantitative estimate of drug-likeness (QED) is 0.861. The van der Waals surface area contributed by atoms with Crippen LogP contribution in [0.5, 0.6) is 0 Å². The molecular weight excluding hydrogens is 280 g/mol. The Hall–Kier alpha value is -2.56. The fraction of sp³-hybridized carbons (Fsp3) is 0.294. The molecule has 2 rings (SSSR count). The van der Waals surface area contributed by atoms with E-state index in [0.29, 0.717) is 24.2 Å². The zero-order valence-electron chi connectivity index (χ0n) is 12.8. The molecule has 0 radical (unpaired) electrons. The molecule has 0 aliphatic heterocycles. The molecule has 0 aliphatic carbocycles. The molecule has 0 aliphatic rings. The summed E-state index contributed by atoms with van der Waals surface area (Å²) in [6.45, 7) is 4.85. The minimum atomic E-state index is -0.217. The van der Waals surface area contributed by atoms with Gasteiger partial charge in [0.25, 0.3) is 11.8 Å². The van der Waals surface area contributed by atoms with Crippen LogP contribution >= 0.6 is 0 Å². The van der Waals surface area contributed by atoms with Crippen molar-refractivity contribution in [3.63, 3.8) is 0 Å². The van der Waals surface area contributed by atoms with Gasteiger partial charge in [0.1, 0.15) is 5.76 Å². The van der Waals surface area contributed by atoms with E-state index in [1.807, 2.05) is 19.9 Å². The summed E-state index contributed by atoms with van der Waals surface area (Å²) in [7, 11) is 0. The van der Waals surface area contributed by atoms with E-state index < -0.39 is 0 Å². The minimum absolute atomic E-state index is 0.165. The largest absolute Gasteiger partial charge is 0.469 e. The van der Waals surface area contributed by atoms with E-state index in [1.54, 1.807) is 30.5 Å². The summed E-state index contributed by atoms with van der Waals surface area (Å²) in [6.07, 6.45) is 2.46. The highest BCUT2D eigenvalue weighted by atomic mass is 16.3. The first-order valence-corrected chi connectivity index (χ1v) is 7.31. The number of furan rings is 1. The Bertz CT molecular complexity index is 661. The van der Waals surface area contributed by atoms with Crippen LogP contribution < -0.4 is 10.6 Å². The van der Waals surface area contributed by atoms with Crippen molar-refractivity contribution < 1.29 is 14.0 Å². The average Bonchev–Trinajstić information content (AvgIpc) is 2.95. The first-order chi connectivity index (χ1) is 10.6. The summed E-state index contributed by atoms with van der Waals surface area (Å²) >= 11 is 0. The van der Waals surface area contributed by atoms with Crippen molar-refractivity contribution in [2.45, 2.75) is 26.8 Å². The van der Waals surface area contributed by atoms with E-state index in [0.717, 1.165) is 17.7 Å². The Balaban J connectivity index is 2.01. The van der Waals surface area contributed by atoms with Crippen molar-refractivity contribution >= 4 is 11.8 Å². The molecule has 0 spiro atoms. The van der Waals surface area contributed by atoms with Gasteiger partial charge in [-0.15, -0.1) is 0 Å². The molecule has 5 heteroatoms. The van der Waals surface area contributed by atoms with Crippen LogP contribution in [0.3, 0.4) is 0 Å². The van der Waals surface area contributed by atoms with Crippen LogP contribution in [0.25, 0.3) is 0 Å². The number of benzene rings is 1. The zero-order valence-corrected chi connectivity index (χ0v) is 12.8. The number of aryl methyl sites for hydroxylation is 1. The minimum Gasteiger partial charge on any atom is -0.469 e. The highest BCUT2D eigenvalue weighted by molar-refractivity contribution is 5.99. The molecule has 0 saturated carbocycles. The summed E-state index contributed by atoms with van der Waals surface area (Å²) in [6, 6.07) is 8.52. The van der Waals surface area contributed by atoms with Gasteiger partial charge in [-0.25, -0.2) is 0 Å². The normalized spacial score (nSPS) is 10.3. The molecule has 0 unspecified atom stereocenters. The third-order valence-corrected chi connectivity index (χ3v) is 3.33. The van der Waals surface area contributed by atoms with Gasteiger partial charge in [0.15, 0.2) is 0 Å². The SMILES string of the molecule is CCCNC(=O)c1cccc(C(=O)NCc2ccoc2C)c1. The van der Waals surface area contributed by atoms with E-state index >= 15 is 0 Å². The monoisotopic (exact) mass is 300 g/mol. The molecule has 1 heterocycles. The van der Waals surface area contributed by atoms with Crippen LogP contribution in [-0.2, 0) is 6.54 Å². The molecule has 0 fully saturated rings. The smallest absolute Gasteiger partial charge is 0.251 e. The van der Waals surface area contributed by atoms with E-state index in [9.17, 15) is 9.59 Å². The third kappa shape index (κ3) is 3.97. The lowest BCUT2D eigenvalue weighted by molar-refractivity contribution is 0.0950. The number of hydrogen-bond donors (Lipinski definition) is 2. The Morgan fingerprint density at radius 2 is 1.77 bits per heavy atom. The lowest BCUT2D eigenvalue weighted by Crippen LogP contribution is -2.26. The van der Waals surface area contributed by atoms with Gasteiger partial charge >= 0.3 is 0 Å². The molecule has 2 N–H and O–H groups in total. The standard InChI is InChI=1S/C17H20N2O3/c1-3-8-18-16(20)13-5-4-6-14(10-13)17(21)19-11-15-7-9-22-12(15)2/h4-7,9-10H,3,8,11H2,1-2H3,(H,18,20)(H,19,21). The molecule has 5 nitrogen and oxygen atoms in total. The van der Waals surface area contributed by atoms with Crippen LogP contribution in [0, 0.1) is 6.92 Å². The molecule has 0 bridgehead atoms. The first-order valence-electron chi connectivity index (χ1n) is 7.31. The van der Waals surface area contributed by atoms with Gasteiger partial charge in [-0.05, 0) is 37.6 Å². The summed E-state index contributed by atoms with van der Waals surface area (Å²) < 4.78 is 5.19. The van der Waals surface area contributed by atoms with Gasteiger partial charge in [-0.2, -0.15) is 0 Å². The van der Waals surface area contributed by atoms with Crippen molar-refractivity contribution in [1.29, 1.82) is 0 Å². The number of amides is 2. The Morgan fingerprint density at radius 3 is 2.36 bits per heavy atom.